The van der Waals surface area contributed by atoms with Crippen LogP contribution in [0.4, 0.5) is 0 Å². The fraction of sp³-hybridized carbons (Fsp3) is 0.550. The molecule has 6 heteroatoms. The summed E-state index contributed by atoms with van der Waals surface area (Å²) < 4.78 is 11.9. The molecule has 0 amide bonds. The van der Waals surface area contributed by atoms with E-state index in [-0.39, 0.29) is 29.5 Å². The van der Waals surface area contributed by atoms with Crippen LogP contribution >= 0.6 is 12.4 Å². The monoisotopic (exact) mass is 377 g/mol. The van der Waals surface area contributed by atoms with Crippen molar-refractivity contribution in [2.24, 2.45) is 5.92 Å². The van der Waals surface area contributed by atoms with Gasteiger partial charge in [-0.25, -0.2) is 0 Å². The number of halogens is 1. The van der Waals surface area contributed by atoms with Gasteiger partial charge in [0.25, 0.3) is 0 Å². The van der Waals surface area contributed by atoms with Gasteiger partial charge in [-0.15, -0.1) is 12.4 Å². The molecule has 2 aliphatic carbocycles. The van der Waals surface area contributed by atoms with Gasteiger partial charge in [0.2, 0.25) is 0 Å². The molecule has 1 N–H and O–H groups in total. The third kappa shape index (κ3) is 1.81. The van der Waals surface area contributed by atoms with Crippen LogP contribution in [0.5, 0.6) is 11.5 Å². The number of nitrogens with zero attached hydrogens (tertiary/aromatic N) is 1. The molecule has 2 aliphatic heterocycles. The van der Waals surface area contributed by atoms with Gasteiger partial charge in [-0.3, -0.25) is 4.79 Å². The van der Waals surface area contributed by atoms with E-state index in [1.807, 2.05) is 6.07 Å². The van der Waals surface area contributed by atoms with Gasteiger partial charge in [0.15, 0.2) is 22.9 Å². The Bertz CT molecular complexity index is 824. The van der Waals surface area contributed by atoms with E-state index in [1.165, 1.54) is 12.5 Å². The molecule has 26 heavy (non-hydrogen) atoms. The first-order valence-corrected chi connectivity index (χ1v) is 8.93. The summed E-state index contributed by atoms with van der Waals surface area (Å²) in [4.78, 5) is 14.8. The zero-order chi connectivity index (χ0) is 17.6. The molecule has 2 heterocycles. The van der Waals surface area contributed by atoms with Crippen LogP contribution in [0.1, 0.15) is 24.5 Å². The van der Waals surface area contributed by atoms with Gasteiger partial charge < -0.3 is 19.5 Å². The summed E-state index contributed by atoms with van der Waals surface area (Å²) in [5, 5.41) is 11.2. The van der Waals surface area contributed by atoms with Gasteiger partial charge >= 0.3 is 0 Å². The lowest BCUT2D eigenvalue weighted by Gasteiger charge is -2.58. The van der Waals surface area contributed by atoms with E-state index < -0.39 is 11.7 Å². The molecule has 5 atom stereocenters. The van der Waals surface area contributed by atoms with Crippen molar-refractivity contribution in [1.29, 1.82) is 0 Å². The van der Waals surface area contributed by atoms with Crippen molar-refractivity contribution < 1.29 is 19.4 Å². The van der Waals surface area contributed by atoms with Crippen molar-refractivity contribution in [3.8, 4) is 11.5 Å². The van der Waals surface area contributed by atoms with E-state index in [2.05, 4.69) is 24.1 Å². The van der Waals surface area contributed by atoms with E-state index in [4.69, 9.17) is 9.47 Å². The third-order valence-corrected chi connectivity index (χ3v) is 7.00. The molecule has 1 spiro atoms. The Hall–Kier alpha value is -1.56. The number of piperidine rings is 1. The summed E-state index contributed by atoms with van der Waals surface area (Å²) in [5.74, 6) is 1.37. The summed E-state index contributed by atoms with van der Waals surface area (Å²) in [6.45, 7) is 2.37. The molecular formula is C20H24ClNO4. The number of methoxy groups -OCH3 is 1. The van der Waals surface area contributed by atoms with E-state index in [9.17, 15) is 9.90 Å². The van der Waals surface area contributed by atoms with Crippen LogP contribution in [-0.2, 0) is 16.6 Å². The second kappa shape index (κ2) is 5.47. The van der Waals surface area contributed by atoms with Crippen LogP contribution < -0.4 is 9.47 Å². The van der Waals surface area contributed by atoms with Crippen molar-refractivity contribution in [2.75, 3.05) is 20.7 Å². The first-order chi connectivity index (χ1) is 11.9. The fourth-order valence-corrected chi connectivity index (χ4v) is 5.76. The van der Waals surface area contributed by atoms with Crippen LogP contribution in [0.2, 0.25) is 0 Å². The highest BCUT2D eigenvalue weighted by Gasteiger charge is 2.68. The van der Waals surface area contributed by atoms with Gasteiger partial charge in [-0.1, -0.05) is 12.1 Å². The molecule has 4 aliphatic rings. The van der Waals surface area contributed by atoms with Gasteiger partial charge in [-0.05, 0) is 51.1 Å². The molecule has 0 saturated carbocycles. The molecule has 5 rings (SSSR count). The molecule has 0 aromatic heterocycles. The minimum absolute atomic E-state index is 0. The number of aliphatic hydroxyl groups is 1. The minimum atomic E-state index is -1.59. The first-order valence-electron chi connectivity index (χ1n) is 8.93. The van der Waals surface area contributed by atoms with Crippen LogP contribution in [0, 0.1) is 5.92 Å². The Morgan fingerprint density at radius 2 is 2.19 bits per heavy atom. The summed E-state index contributed by atoms with van der Waals surface area (Å²) >= 11 is 0. The Balaban J connectivity index is 0.00000168. The highest BCUT2D eigenvalue weighted by Crippen LogP contribution is 2.63. The topological polar surface area (TPSA) is 59.0 Å². The highest BCUT2D eigenvalue weighted by atomic mass is 35.5. The van der Waals surface area contributed by atoms with Crippen LogP contribution in [0.3, 0.4) is 0 Å². The Morgan fingerprint density at radius 3 is 2.88 bits per heavy atom. The highest BCUT2D eigenvalue weighted by molar-refractivity contribution is 5.89. The summed E-state index contributed by atoms with van der Waals surface area (Å²) in [6, 6.07) is 4.43. The van der Waals surface area contributed by atoms with Crippen molar-refractivity contribution in [2.45, 2.75) is 42.9 Å². The number of likely N-dealkylation sites (tertiary alicyclic amines) is 1. The van der Waals surface area contributed by atoms with Crippen LogP contribution in [0.25, 0.3) is 0 Å². The van der Waals surface area contributed by atoms with Gasteiger partial charge in [0, 0.05) is 22.9 Å². The molecule has 2 bridgehead atoms. The summed E-state index contributed by atoms with van der Waals surface area (Å²) in [7, 11) is 3.80. The molecule has 1 aromatic rings. The van der Waals surface area contributed by atoms with Gasteiger partial charge in [0.1, 0.15) is 6.10 Å². The van der Waals surface area contributed by atoms with E-state index in [0.29, 0.717) is 11.8 Å². The van der Waals surface area contributed by atoms with Crippen molar-refractivity contribution in [3.63, 3.8) is 0 Å². The fourth-order valence-electron chi connectivity index (χ4n) is 5.76. The lowest BCUT2D eigenvalue weighted by Crippen LogP contribution is -2.69. The maximum Gasteiger partial charge on any atom is 0.178 e. The summed E-state index contributed by atoms with van der Waals surface area (Å²) in [5.41, 5.74) is 0.474. The van der Waals surface area contributed by atoms with E-state index in [0.717, 1.165) is 30.7 Å². The number of rotatable bonds is 2. The summed E-state index contributed by atoms with van der Waals surface area (Å²) in [6.07, 6.45) is 4.97. The molecule has 1 fully saturated rings. The standard InChI is InChI=1S/C20H23NO4.ClH/c1-11(22)20(23)7-6-13-14-10-12-4-5-15(24-3)17-16(12)19(13,18(20)25-17)8-9-21(14)2;/h4-7,13-14,18,23H,8-10H2,1-3H3;1H/t13-,14+,18+,19-,20+;/m0./s1. The number of ether oxygens (including phenoxy) is 2. The number of hydrogen-bond donors (Lipinski definition) is 1. The number of hydrogen-bond acceptors (Lipinski definition) is 5. The van der Waals surface area contributed by atoms with E-state index >= 15 is 0 Å². The molecule has 0 unspecified atom stereocenters. The normalized spacial score (nSPS) is 38.8. The number of ketones is 1. The first kappa shape index (κ1) is 17.8. The largest absolute Gasteiger partial charge is 0.493 e. The quantitative estimate of drug-likeness (QED) is 0.797. The third-order valence-electron chi connectivity index (χ3n) is 7.00. The van der Waals surface area contributed by atoms with E-state index in [1.54, 1.807) is 13.2 Å². The SMILES string of the molecule is COc1ccc2c3c1O[C@@H]1[C@]34CCN(C)[C@H](C2)[C@@H]4C=C[C@@]1(O)C(C)=O.Cl. The maximum absolute atomic E-state index is 12.4. The number of Topliss-reactive ketones (excluding diaryl/α,β-unsaturated/α-hetero) is 1. The predicted octanol–water partition coefficient (Wildman–Crippen LogP) is 1.88. The zero-order valence-electron chi connectivity index (χ0n) is 15.2. The van der Waals surface area contributed by atoms with Gasteiger partial charge in [-0.2, -0.15) is 0 Å². The van der Waals surface area contributed by atoms with Crippen LogP contribution in [-0.4, -0.2) is 54.2 Å². The molecule has 5 nitrogen and oxygen atoms in total. The Kier molecular flexibility index (Phi) is 3.75. The van der Waals surface area contributed by atoms with Crippen molar-refractivity contribution in [1.82, 2.24) is 4.90 Å². The number of likely N-dealkylation sites (N-methyl/N-ethyl adjacent to an activating group) is 1. The molecule has 1 saturated heterocycles. The van der Waals surface area contributed by atoms with Crippen molar-refractivity contribution in [3.05, 3.63) is 35.4 Å². The van der Waals surface area contributed by atoms with Crippen molar-refractivity contribution >= 4 is 18.2 Å². The average Bonchev–Trinajstić information content (AvgIpc) is 2.95. The molecular weight excluding hydrogens is 354 g/mol. The maximum atomic E-state index is 12.4. The second-order valence-electron chi connectivity index (χ2n) is 7.94. The second-order valence-corrected chi connectivity index (χ2v) is 7.94. The van der Waals surface area contributed by atoms with Gasteiger partial charge in [0.05, 0.1) is 7.11 Å². The smallest absolute Gasteiger partial charge is 0.178 e. The number of carbonyl (C=O) groups is 1. The predicted molar refractivity (Wildman–Crippen MR) is 99.3 cm³/mol. The number of carbonyl (C=O) groups excluding carboxylic acids is 1. The minimum Gasteiger partial charge on any atom is -0.493 e. The van der Waals surface area contributed by atoms with Crippen LogP contribution in [0.15, 0.2) is 24.3 Å². The Labute approximate surface area is 159 Å². The lowest BCUT2D eigenvalue weighted by molar-refractivity contribution is -0.148. The lowest BCUT2D eigenvalue weighted by atomic mass is 9.51. The Morgan fingerprint density at radius 1 is 1.42 bits per heavy atom. The molecule has 0 radical (unpaired) electrons. The number of benzene rings is 1. The molecule has 1 aromatic carbocycles. The average molecular weight is 378 g/mol. The zero-order valence-corrected chi connectivity index (χ0v) is 16.0. The molecule has 140 valence electrons.